The van der Waals surface area contributed by atoms with Crippen LogP contribution in [0.25, 0.3) is 16.3 Å². The van der Waals surface area contributed by atoms with Crippen molar-refractivity contribution < 1.29 is 23.5 Å². The van der Waals surface area contributed by atoms with E-state index >= 15 is 0 Å². The van der Waals surface area contributed by atoms with Gasteiger partial charge in [-0.05, 0) is 49.8 Å². The van der Waals surface area contributed by atoms with Gasteiger partial charge in [0.15, 0.2) is 11.5 Å². The van der Waals surface area contributed by atoms with Gasteiger partial charge in [-0.2, -0.15) is 0 Å². The van der Waals surface area contributed by atoms with Gasteiger partial charge < -0.3 is 18.7 Å². The fourth-order valence-corrected chi connectivity index (χ4v) is 3.97. The Hall–Kier alpha value is -3.65. The minimum atomic E-state index is -0.443. The smallest absolute Gasteiger partial charge is 0.331 e. The first-order valence-electron chi connectivity index (χ1n) is 9.95. The van der Waals surface area contributed by atoms with Crippen LogP contribution in [0.1, 0.15) is 27.6 Å². The first-order valence-corrected chi connectivity index (χ1v) is 10.8. The van der Waals surface area contributed by atoms with E-state index in [1.807, 2.05) is 44.2 Å². The average Bonchev–Trinajstić information content (AvgIpc) is 3.37. The molecule has 0 aliphatic rings. The highest BCUT2D eigenvalue weighted by Crippen LogP contribution is 2.30. The van der Waals surface area contributed by atoms with Gasteiger partial charge in [-0.3, -0.25) is 0 Å². The van der Waals surface area contributed by atoms with Crippen molar-refractivity contribution in [1.29, 1.82) is 0 Å². The van der Waals surface area contributed by atoms with Crippen LogP contribution in [0.3, 0.4) is 0 Å². The maximum absolute atomic E-state index is 12.1. The molecule has 7 nitrogen and oxygen atoms in total. The van der Waals surface area contributed by atoms with Crippen LogP contribution in [0.2, 0.25) is 0 Å². The van der Waals surface area contributed by atoms with Crippen LogP contribution in [-0.4, -0.2) is 23.2 Å². The van der Waals surface area contributed by atoms with E-state index in [1.54, 1.807) is 25.3 Å². The molecule has 2 heterocycles. The number of hydrogen-bond donors (Lipinski definition) is 0. The van der Waals surface area contributed by atoms with Crippen molar-refractivity contribution in [2.45, 2.75) is 27.1 Å². The lowest BCUT2D eigenvalue weighted by Crippen LogP contribution is -2.01. The number of hydrogen-bond acceptors (Lipinski definition) is 8. The van der Waals surface area contributed by atoms with Crippen LogP contribution < -0.4 is 9.47 Å². The van der Waals surface area contributed by atoms with E-state index in [-0.39, 0.29) is 6.61 Å². The number of aryl methyl sites for hydroxylation is 2. The number of aromatic nitrogens is 2. The molecular weight excluding hydrogens is 428 g/mol. The van der Waals surface area contributed by atoms with Gasteiger partial charge in [-0.1, -0.05) is 23.4 Å². The number of thiazole rings is 1. The lowest BCUT2D eigenvalue weighted by Gasteiger charge is -2.11. The minimum absolute atomic E-state index is 0.139. The van der Waals surface area contributed by atoms with Crippen LogP contribution in [0.4, 0.5) is 0 Å². The summed E-state index contributed by atoms with van der Waals surface area (Å²) in [5, 5.41) is 4.69. The van der Waals surface area contributed by atoms with Crippen LogP contribution in [-0.2, 0) is 22.7 Å². The third kappa shape index (κ3) is 4.97. The van der Waals surface area contributed by atoms with Crippen molar-refractivity contribution in [3.8, 4) is 11.5 Å². The van der Waals surface area contributed by atoms with E-state index in [0.717, 1.165) is 37.8 Å². The van der Waals surface area contributed by atoms with Crippen LogP contribution in [0.15, 0.2) is 53.1 Å². The monoisotopic (exact) mass is 450 g/mol. The van der Waals surface area contributed by atoms with Gasteiger partial charge in [-0.15, -0.1) is 11.3 Å². The van der Waals surface area contributed by atoms with Crippen molar-refractivity contribution in [3.05, 3.63) is 76.1 Å². The number of methoxy groups -OCH3 is 1. The lowest BCUT2D eigenvalue weighted by molar-refractivity contribution is -0.138. The number of nitrogens with zero attached hydrogens (tertiary/aromatic N) is 2. The van der Waals surface area contributed by atoms with Crippen LogP contribution >= 0.6 is 11.3 Å². The van der Waals surface area contributed by atoms with Crippen LogP contribution in [0, 0.1) is 13.8 Å². The second kappa shape index (κ2) is 9.65. The van der Waals surface area contributed by atoms with Gasteiger partial charge in [0.1, 0.15) is 24.0 Å². The zero-order valence-corrected chi connectivity index (χ0v) is 18.8. The topological polar surface area (TPSA) is 83.7 Å². The Morgan fingerprint density at radius 1 is 1.12 bits per heavy atom. The number of carbonyl (C=O) groups excluding carboxylic acids is 1. The zero-order valence-electron chi connectivity index (χ0n) is 18.0. The Balaban J connectivity index is 1.36. The summed E-state index contributed by atoms with van der Waals surface area (Å²) in [5.41, 5.74) is 3.39. The van der Waals surface area contributed by atoms with E-state index in [9.17, 15) is 4.79 Å². The Morgan fingerprint density at radius 2 is 1.97 bits per heavy atom. The fraction of sp³-hybridized carbons (Fsp3) is 0.208. The van der Waals surface area contributed by atoms with E-state index in [1.165, 1.54) is 17.4 Å². The summed E-state index contributed by atoms with van der Waals surface area (Å²) in [5.74, 6) is 1.43. The summed E-state index contributed by atoms with van der Waals surface area (Å²) < 4.78 is 22.9. The maximum atomic E-state index is 12.1. The molecule has 0 saturated heterocycles. The highest BCUT2D eigenvalue weighted by Gasteiger charge is 2.12. The lowest BCUT2D eigenvalue weighted by atomic mass is 10.2. The maximum Gasteiger partial charge on any atom is 0.331 e. The molecule has 0 unspecified atom stereocenters. The van der Waals surface area contributed by atoms with Gasteiger partial charge >= 0.3 is 5.97 Å². The van der Waals surface area contributed by atoms with Crippen molar-refractivity contribution in [3.63, 3.8) is 0 Å². The molecule has 0 saturated carbocycles. The zero-order chi connectivity index (χ0) is 22.5. The number of esters is 1. The SMILES string of the molecule is COc1cc(/C=C/C(=O)OCc2nc3ccccc3s2)ccc1OCc1c(C)noc1C. The molecular formula is C24H22N2O5S. The highest BCUT2D eigenvalue weighted by molar-refractivity contribution is 7.18. The Bertz CT molecular complexity index is 1220. The van der Waals surface area contributed by atoms with E-state index < -0.39 is 5.97 Å². The summed E-state index contributed by atoms with van der Waals surface area (Å²) in [6.45, 7) is 4.18. The normalized spacial score (nSPS) is 11.2. The molecule has 0 amide bonds. The largest absolute Gasteiger partial charge is 0.493 e. The molecule has 4 rings (SSSR count). The van der Waals surface area contributed by atoms with Gasteiger partial charge in [0.25, 0.3) is 0 Å². The molecule has 0 bridgehead atoms. The minimum Gasteiger partial charge on any atom is -0.493 e. The molecule has 0 atom stereocenters. The second-order valence-electron chi connectivity index (χ2n) is 7.02. The fourth-order valence-electron chi connectivity index (χ4n) is 3.09. The molecule has 0 spiro atoms. The summed E-state index contributed by atoms with van der Waals surface area (Å²) in [6, 6.07) is 13.2. The predicted octanol–water partition coefficient (Wildman–Crippen LogP) is 5.25. The summed E-state index contributed by atoms with van der Waals surface area (Å²) in [7, 11) is 1.57. The van der Waals surface area contributed by atoms with Crippen molar-refractivity contribution in [2.24, 2.45) is 0 Å². The molecule has 8 heteroatoms. The third-order valence-electron chi connectivity index (χ3n) is 4.83. The average molecular weight is 451 g/mol. The molecule has 2 aromatic heterocycles. The van der Waals surface area contributed by atoms with Crippen molar-refractivity contribution in [1.82, 2.24) is 10.1 Å². The van der Waals surface area contributed by atoms with Gasteiger partial charge in [0.2, 0.25) is 0 Å². The highest BCUT2D eigenvalue weighted by atomic mass is 32.1. The molecule has 32 heavy (non-hydrogen) atoms. The van der Waals surface area contributed by atoms with E-state index in [4.69, 9.17) is 18.7 Å². The standard InChI is InChI=1S/C24H22N2O5S/c1-15-18(16(2)31-26-15)13-29-20-10-8-17(12-21(20)28-3)9-11-24(27)30-14-23-25-19-6-4-5-7-22(19)32-23/h4-12H,13-14H2,1-3H3/b11-9+. The van der Waals surface area contributed by atoms with Gasteiger partial charge in [0.05, 0.1) is 28.6 Å². The number of ether oxygens (including phenoxy) is 3. The van der Waals surface area contributed by atoms with Crippen molar-refractivity contribution in [2.75, 3.05) is 7.11 Å². The molecule has 2 aromatic carbocycles. The Morgan fingerprint density at radius 3 is 2.72 bits per heavy atom. The quantitative estimate of drug-likeness (QED) is 0.268. The Labute approximate surface area is 189 Å². The third-order valence-corrected chi connectivity index (χ3v) is 5.84. The van der Waals surface area contributed by atoms with Gasteiger partial charge in [-0.25, -0.2) is 9.78 Å². The first kappa shape index (κ1) is 21.6. The molecule has 4 aromatic rings. The molecule has 0 aliphatic heterocycles. The summed E-state index contributed by atoms with van der Waals surface area (Å²) in [4.78, 5) is 16.6. The molecule has 0 radical (unpaired) electrons. The molecule has 164 valence electrons. The number of rotatable bonds is 8. The number of para-hydroxylation sites is 1. The Kier molecular flexibility index (Phi) is 6.51. The number of fused-ring (bicyclic) bond motifs is 1. The summed E-state index contributed by atoms with van der Waals surface area (Å²) >= 11 is 1.51. The predicted molar refractivity (Wildman–Crippen MR) is 122 cm³/mol. The second-order valence-corrected chi connectivity index (χ2v) is 8.13. The van der Waals surface area contributed by atoms with Crippen LogP contribution in [0.5, 0.6) is 11.5 Å². The number of carbonyl (C=O) groups is 1. The molecule has 0 N–H and O–H groups in total. The first-order chi connectivity index (χ1) is 15.5. The molecule has 0 aliphatic carbocycles. The molecule has 0 fully saturated rings. The number of benzene rings is 2. The van der Waals surface area contributed by atoms with Crippen molar-refractivity contribution >= 4 is 33.6 Å². The summed E-state index contributed by atoms with van der Waals surface area (Å²) in [6.07, 6.45) is 3.05. The van der Waals surface area contributed by atoms with Gasteiger partial charge in [0, 0.05) is 6.08 Å². The van der Waals surface area contributed by atoms with E-state index in [2.05, 4.69) is 10.1 Å². The van der Waals surface area contributed by atoms with E-state index in [0.29, 0.717) is 18.1 Å².